The van der Waals surface area contributed by atoms with Gasteiger partial charge in [0.15, 0.2) is 17.5 Å². The maximum Gasteiger partial charge on any atom is 0.196 e. The smallest absolute Gasteiger partial charge is 0.196 e. The van der Waals surface area contributed by atoms with Crippen molar-refractivity contribution in [1.82, 2.24) is 19.7 Å². The molecular formula is C16H11F3N6. The third-order valence-electron chi connectivity index (χ3n) is 4.17. The SMILES string of the molecule is Cc1nc2n(n1)CCN(c1c(C#N)cnc3c(F)c(F)c(F)cc13)C2. The number of pyridine rings is 1. The van der Waals surface area contributed by atoms with Crippen molar-refractivity contribution in [3.8, 4) is 6.07 Å². The second-order valence-corrected chi connectivity index (χ2v) is 5.73. The summed E-state index contributed by atoms with van der Waals surface area (Å²) in [5, 5.41) is 13.7. The molecule has 6 nitrogen and oxygen atoms in total. The number of rotatable bonds is 1. The van der Waals surface area contributed by atoms with Gasteiger partial charge in [-0.05, 0) is 13.0 Å². The summed E-state index contributed by atoms with van der Waals surface area (Å²) in [6.07, 6.45) is 1.17. The fraction of sp³-hybridized carbons (Fsp3) is 0.250. The minimum atomic E-state index is -1.58. The number of hydrogen-bond donors (Lipinski definition) is 0. The molecule has 0 radical (unpaired) electrons. The van der Waals surface area contributed by atoms with Crippen LogP contribution in [-0.4, -0.2) is 26.3 Å². The number of nitriles is 1. The van der Waals surface area contributed by atoms with E-state index in [2.05, 4.69) is 15.1 Å². The second kappa shape index (κ2) is 5.44. The molecule has 3 heterocycles. The Bertz CT molecular complexity index is 1050. The fourth-order valence-electron chi connectivity index (χ4n) is 3.10. The highest BCUT2D eigenvalue weighted by atomic mass is 19.2. The standard InChI is InChI=1S/C16H11F3N6/c1-8-22-12-7-24(2-3-25(12)23-8)16-9(5-20)6-21-15-10(16)4-11(17)13(18)14(15)19/h4,6H,2-3,7H2,1H3. The topological polar surface area (TPSA) is 70.6 Å². The van der Waals surface area contributed by atoms with Crippen molar-refractivity contribution in [2.45, 2.75) is 20.0 Å². The summed E-state index contributed by atoms with van der Waals surface area (Å²) in [5.41, 5.74) is 0.163. The van der Waals surface area contributed by atoms with Gasteiger partial charge in [-0.15, -0.1) is 0 Å². The number of aryl methyl sites for hydroxylation is 1. The lowest BCUT2D eigenvalue weighted by molar-refractivity contribution is 0.452. The average molecular weight is 344 g/mol. The van der Waals surface area contributed by atoms with Gasteiger partial charge in [-0.3, -0.25) is 4.98 Å². The number of benzene rings is 1. The van der Waals surface area contributed by atoms with Crippen LogP contribution in [0.4, 0.5) is 18.9 Å². The van der Waals surface area contributed by atoms with E-state index in [0.29, 0.717) is 37.0 Å². The monoisotopic (exact) mass is 344 g/mol. The van der Waals surface area contributed by atoms with Crippen molar-refractivity contribution in [3.63, 3.8) is 0 Å². The molecule has 0 saturated heterocycles. The Morgan fingerprint density at radius 3 is 2.76 bits per heavy atom. The summed E-state index contributed by atoms with van der Waals surface area (Å²) >= 11 is 0. The zero-order valence-electron chi connectivity index (χ0n) is 13.1. The molecule has 1 aliphatic heterocycles. The third-order valence-corrected chi connectivity index (χ3v) is 4.17. The Kier molecular flexibility index (Phi) is 3.35. The summed E-state index contributed by atoms with van der Waals surface area (Å²) in [7, 11) is 0. The molecule has 9 heteroatoms. The first-order chi connectivity index (χ1) is 12.0. The van der Waals surface area contributed by atoms with Crippen LogP contribution in [0.1, 0.15) is 17.2 Å². The van der Waals surface area contributed by atoms with Crippen LogP contribution >= 0.6 is 0 Å². The second-order valence-electron chi connectivity index (χ2n) is 5.73. The van der Waals surface area contributed by atoms with Crippen LogP contribution in [-0.2, 0) is 13.1 Å². The molecule has 0 saturated carbocycles. The van der Waals surface area contributed by atoms with Gasteiger partial charge in [0.05, 0.1) is 24.3 Å². The number of aromatic nitrogens is 4. The summed E-state index contributed by atoms with van der Waals surface area (Å²) in [4.78, 5) is 9.89. The van der Waals surface area contributed by atoms with Gasteiger partial charge in [0.25, 0.3) is 0 Å². The summed E-state index contributed by atoms with van der Waals surface area (Å²) < 4.78 is 43.1. The van der Waals surface area contributed by atoms with Crippen molar-refractivity contribution in [1.29, 1.82) is 5.26 Å². The molecule has 1 aliphatic rings. The van der Waals surface area contributed by atoms with E-state index in [1.807, 2.05) is 6.07 Å². The van der Waals surface area contributed by atoms with Crippen molar-refractivity contribution >= 4 is 16.6 Å². The lowest BCUT2D eigenvalue weighted by Gasteiger charge is -2.30. The number of anilines is 1. The predicted octanol–water partition coefficient (Wildman–Crippen LogP) is 2.44. The molecule has 3 aromatic rings. The van der Waals surface area contributed by atoms with Crippen molar-refractivity contribution in [2.24, 2.45) is 0 Å². The largest absolute Gasteiger partial charge is 0.360 e. The fourth-order valence-corrected chi connectivity index (χ4v) is 3.10. The summed E-state index contributed by atoms with van der Waals surface area (Å²) in [5.74, 6) is -2.96. The molecule has 0 spiro atoms. The molecule has 0 fully saturated rings. The first-order valence-corrected chi connectivity index (χ1v) is 7.51. The van der Waals surface area contributed by atoms with Crippen LogP contribution < -0.4 is 4.90 Å². The Balaban J connectivity index is 1.93. The highest BCUT2D eigenvalue weighted by Crippen LogP contribution is 2.34. The minimum absolute atomic E-state index is 0.0557. The van der Waals surface area contributed by atoms with E-state index < -0.39 is 17.5 Å². The van der Waals surface area contributed by atoms with E-state index in [1.165, 1.54) is 6.20 Å². The van der Waals surface area contributed by atoms with Crippen molar-refractivity contribution in [3.05, 3.63) is 46.9 Å². The van der Waals surface area contributed by atoms with Gasteiger partial charge in [0.1, 0.15) is 23.2 Å². The van der Waals surface area contributed by atoms with E-state index in [1.54, 1.807) is 16.5 Å². The van der Waals surface area contributed by atoms with E-state index in [0.717, 1.165) is 6.07 Å². The van der Waals surface area contributed by atoms with Crippen LogP contribution in [0.2, 0.25) is 0 Å². The summed E-state index contributed by atoms with van der Waals surface area (Å²) in [6, 6.07) is 2.86. The lowest BCUT2D eigenvalue weighted by atomic mass is 10.1. The third kappa shape index (κ3) is 2.29. The van der Waals surface area contributed by atoms with Crippen molar-refractivity contribution < 1.29 is 13.2 Å². The normalized spacial score (nSPS) is 13.8. The number of nitrogens with zero attached hydrogens (tertiary/aromatic N) is 6. The van der Waals surface area contributed by atoms with Gasteiger partial charge in [-0.2, -0.15) is 10.4 Å². The Labute approximate surface area is 140 Å². The minimum Gasteiger partial charge on any atom is -0.360 e. The molecule has 0 N–H and O–H groups in total. The Morgan fingerprint density at radius 1 is 1.20 bits per heavy atom. The van der Waals surface area contributed by atoms with Gasteiger partial charge < -0.3 is 4.90 Å². The molecule has 0 bridgehead atoms. The van der Waals surface area contributed by atoms with Gasteiger partial charge in [-0.25, -0.2) is 22.8 Å². The molecule has 0 aliphatic carbocycles. The molecule has 25 heavy (non-hydrogen) atoms. The zero-order chi connectivity index (χ0) is 17.7. The average Bonchev–Trinajstić information content (AvgIpc) is 2.98. The molecule has 126 valence electrons. The molecule has 2 aromatic heterocycles. The Hall–Kier alpha value is -3.15. The highest BCUT2D eigenvalue weighted by Gasteiger charge is 2.26. The van der Waals surface area contributed by atoms with Crippen molar-refractivity contribution in [2.75, 3.05) is 11.4 Å². The number of fused-ring (bicyclic) bond motifs is 2. The molecule has 0 atom stereocenters. The zero-order valence-corrected chi connectivity index (χ0v) is 13.1. The Morgan fingerprint density at radius 2 is 2.00 bits per heavy atom. The van der Waals surface area contributed by atoms with Gasteiger partial charge in [-0.1, -0.05) is 0 Å². The van der Waals surface area contributed by atoms with Crippen LogP contribution in [0.3, 0.4) is 0 Å². The molecule has 1 aromatic carbocycles. The van der Waals surface area contributed by atoms with Crippen LogP contribution in [0, 0.1) is 35.7 Å². The molecular weight excluding hydrogens is 333 g/mol. The number of hydrogen-bond acceptors (Lipinski definition) is 5. The number of halogens is 3. The lowest BCUT2D eigenvalue weighted by Crippen LogP contribution is -2.35. The molecule has 0 unspecified atom stereocenters. The van der Waals surface area contributed by atoms with E-state index in [9.17, 15) is 18.4 Å². The van der Waals surface area contributed by atoms with Gasteiger partial charge in [0.2, 0.25) is 0 Å². The maximum absolute atomic E-state index is 14.1. The predicted molar refractivity (Wildman–Crippen MR) is 82.1 cm³/mol. The van der Waals surface area contributed by atoms with Crippen LogP contribution in [0.15, 0.2) is 12.3 Å². The quantitative estimate of drug-likeness (QED) is 0.634. The van der Waals surface area contributed by atoms with Crippen LogP contribution in [0.5, 0.6) is 0 Å². The van der Waals surface area contributed by atoms with E-state index in [-0.39, 0.29) is 16.5 Å². The van der Waals surface area contributed by atoms with Gasteiger partial charge >= 0.3 is 0 Å². The van der Waals surface area contributed by atoms with Crippen LogP contribution in [0.25, 0.3) is 10.9 Å². The first kappa shape index (κ1) is 15.4. The van der Waals surface area contributed by atoms with E-state index >= 15 is 0 Å². The maximum atomic E-state index is 14.1. The van der Waals surface area contributed by atoms with Gasteiger partial charge in [0, 0.05) is 18.1 Å². The van der Waals surface area contributed by atoms with E-state index in [4.69, 9.17) is 0 Å². The highest BCUT2D eigenvalue weighted by molar-refractivity contribution is 5.95. The first-order valence-electron chi connectivity index (χ1n) is 7.51. The molecule has 0 amide bonds. The summed E-state index contributed by atoms with van der Waals surface area (Å²) in [6.45, 7) is 3.06. The molecule has 4 rings (SSSR count).